The Bertz CT molecular complexity index is 511. The summed E-state index contributed by atoms with van der Waals surface area (Å²) >= 11 is 0. The predicted molar refractivity (Wildman–Crippen MR) is 67.5 cm³/mol. The van der Waals surface area contributed by atoms with Gasteiger partial charge in [-0.1, -0.05) is 6.58 Å². The molecule has 96 valence electrons. The molecule has 0 saturated carbocycles. The summed E-state index contributed by atoms with van der Waals surface area (Å²) in [4.78, 5) is 22.9. The average molecular weight is 249 g/mol. The molecule has 0 fully saturated rings. The molecule has 1 aromatic heterocycles. The molecule has 18 heavy (non-hydrogen) atoms. The van der Waals surface area contributed by atoms with E-state index in [1.165, 1.54) is 14.2 Å². The normalized spacial score (nSPS) is 10.9. The number of methoxy groups -OCH3 is 2. The Hall–Kier alpha value is -2.30. The summed E-state index contributed by atoms with van der Waals surface area (Å²) in [6.07, 6.45) is 2.75. The molecule has 0 aromatic carbocycles. The number of ether oxygens (including phenoxy) is 2. The Kier molecular flexibility index (Phi) is 4.48. The lowest BCUT2D eigenvalue weighted by molar-refractivity contribution is -0.136. The molecule has 1 rings (SSSR count). The van der Waals surface area contributed by atoms with E-state index in [-0.39, 0.29) is 5.57 Å². The molecule has 0 radical (unpaired) electrons. The van der Waals surface area contributed by atoms with Crippen LogP contribution >= 0.6 is 0 Å². The molecular formula is C13H15NO4. The van der Waals surface area contributed by atoms with E-state index in [1.807, 2.05) is 0 Å². The van der Waals surface area contributed by atoms with Crippen LogP contribution in [0.25, 0.3) is 11.6 Å². The van der Waals surface area contributed by atoms with Gasteiger partial charge >= 0.3 is 11.9 Å². The first-order valence-electron chi connectivity index (χ1n) is 5.21. The van der Waals surface area contributed by atoms with E-state index < -0.39 is 11.9 Å². The molecule has 0 atom stereocenters. The average Bonchev–Trinajstić information content (AvgIpc) is 2.75. The molecule has 0 amide bonds. The molecule has 0 aliphatic heterocycles. The minimum absolute atomic E-state index is 0.139. The lowest BCUT2D eigenvalue weighted by Crippen LogP contribution is -2.10. The summed E-state index contributed by atoms with van der Waals surface area (Å²) < 4.78 is 10.9. The zero-order valence-corrected chi connectivity index (χ0v) is 10.6. The van der Waals surface area contributed by atoms with Crippen LogP contribution in [-0.2, 0) is 26.1 Å². The Balaban J connectivity index is 3.30. The van der Waals surface area contributed by atoms with Gasteiger partial charge in [0.15, 0.2) is 0 Å². The number of rotatable bonds is 4. The van der Waals surface area contributed by atoms with Crippen LogP contribution in [0, 0.1) is 0 Å². The van der Waals surface area contributed by atoms with Crippen molar-refractivity contribution in [2.45, 2.75) is 0 Å². The largest absolute Gasteiger partial charge is 0.466 e. The van der Waals surface area contributed by atoms with Gasteiger partial charge in [0.2, 0.25) is 0 Å². The van der Waals surface area contributed by atoms with Crippen LogP contribution in [0.15, 0.2) is 24.8 Å². The number of carbonyl (C=O) groups excluding carboxylic acids is 2. The summed E-state index contributed by atoms with van der Waals surface area (Å²) in [5.41, 5.74) is 1.52. The van der Waals surface area contributed by atoms with Crippen LogP contribution in [-0.4, -0.2) is 30.7 Å². The fraction of sp³-hybridized carbons (Fsp3) is 0.231. The molecule has 1 aromatic rings. The predicted octanol–water partition coefficient (Wildman–Crippen LogP) is 1.40. The Morgan fingerprint density at radius 3 is 2.39 bits per heavy atom. The summed E-state index contributed by atoms with van der Waals surface area (Å²) in [6, 6.07) is 3.50. The molecule has 0 aliphatic rings. The van der Waals surface area contributed by atoms with E-state index in [0.29, 0.717) is 5.69 Å². The number of hydrogen-bond acceptors (Lipinski definition) is 4. The maximum absolute atomic E-state index is 11.7. The van der Waals surface area contributed by atoms with Crippen molar-refractivity contribution in [1.29, 1.82) is 0 Å². The third kappa shape index (κ3) is 2.68. The Morgan fingerprint density at radius 2 is 1.94 bits per heavy atom. The molecule has 0 aliphatic carbocycles. The van der Waals surface area contributed by atoms with E-state index in [2.05, 4.69) is 16.1 Å². The highest BCUT2D eigenvalue weighted by molar-refractivity contribution is 6.20. The lowest BCUT2D eigenvalue weighted by Gasteiger charge is -2.08. The number of hydrogen-bond donors (Lipinski definition) is 0. The van der Waals surface area contributed by atoms with Crippen LogP contribution in [0.3, 0.4) is 0 Å². The molecule has 0 unspecified atom stereocenters. The van der Waals surface area contributed by atoms with Gasteiger partial charge in [0.1, 0.15) is 0 Å². The number of nitrogens with zero attached hydrogens (tertiary/aromatic N) is 1. The fourth-order valence-electron chi connectivity index (χ4n) is 1.53. The van der Waals surface area contributed by atoms with Crippen molar-refractivity contribution in [1.82, 2.24) is 4.57 Å². The highest BCUT2D eigenvalue weighted by Crippen LogP contribution is 2.19. The smallest absolute Gasteiger partial charge is 0.340 e. The van der Waals surface area contributed by atoms with Gasteiger partial charge < -0.3 is 14.0 Å². The molecule has 0 spiro atoms. The van der Waals surface area contributed by atoms with Gasteiger partial charge in [0, 0.05) is 18.8 Å². The van der Waals surface area contributed by atoms with Crippen molar-refractivity contribution < 1.29 is 19.1 Å². The minimum Gasteiger partial charge on any atom is -0.466 e. The van der Waals surface area contributed by atoms with Crippen molar-refractivity contribution in [3.05, 3.63) is 36.2 Å². The topological polar surface area (TPSA) is 57.5 Å². The van der Waals surface area contributed by atoms with Crippen LogP contribution in [0.2, 0.25) is 0 Å². The SMILES string of the molecule is C=Cc1ccc(/C(=C/C(=O)OC)C(=O)OC)n1C. The van der Waals surface area contributed by atoms with E-state index in [0.717, 1.165) is 11.8 Å². The number of aromatic nitrogens is 1. The van der Waals surface area contributed by atoms with Gasteiger partial charge in [0.05, 0.1) is 25.5 Å². The summed E-state index contributed by atoms with van der Waals surface area (Å²) in [5.74, 6) is -1.21. The van der Waals surface area contributed by atoms with Gasteiger partial charge in [-0.25, -0.2) is 9.59 Å². The molecule has 5 heteroatoms. The van der Waals surface area contributed by atoms with E-state index in [9.17, 15) is 9.59 Å². The first-order chi connectivity index (χ1) is 8.54. The molecular weight excluding hydrogens is 234 g/mol. The minimum atomic E-state index is -0.614. The maximum Gasteiger partial charge on any atom is 0.340 e. The zero-order valence-electron chi connectivity index (χ0n) is 10.6. The maximum atomic E-state index is 11.7. The van der Waals surface area contributed by atoms with Crippen LogP contribution in [0.5, 0.6) is 0 Å². The van der Waals surface area contributed by atoms with Crippen LogP contribution < -0.4 is 0 Å². The second kappa shape index (κ2) is 5.86. The lowest BCUT2D eigenvalue weighted by atomic mass is 10.2. The van der Waals surface area contributed by atoms with Gasteiger partial charge in [0.25, 0.3) is 0 Å². The second-order valence-electron chi connectivity index (χ2n) is 3.48. The van der Waals surface area contributed by atoms with E-state index in [1.54, 1.807) is 29.8 Å². The third-order valence-corrected chi connectivity index (χ3v) is 2.51. The number of esters is 2. The Labute approximate surface area is 105 Å². The standard InChI is InChI=1S/C13H15NO4/c1-5-9-6-7-11(14(9)2)10(13(16)18-4)8-12(15)17-3/h5-8H,1H2,2-4H3/b10-8-. The highest BCUT2D eigenvalue weighted by atomic mass is 16.5. The van der Waals surface area contributed by atoms with Crippen LogP contribution in [0.1, 0.15) is 11.4 Å². The fourth-order valence-corrected chi connectivity index (χ4v) is 1.53. The quantitative estimate of drug-likeness (QED) is 0.598. The molecule has 5 nitrogen and oxygen atoms in total. The number of carbonyl (C=O) groups is 2. The van der Waals surface area contributed by atoms with Crippen molar-refractivity contribution in [2.75, 3.05) is 14.2 Å². The zero-order chi connectivity index (χ0) is 13.7. The van der Waals surface area contributed by atoms with E-state index in [4.69, 9.17) is 0 Å². The monoisotopic (exact) mass is 249 g/mol. The van der Waals surface area contributed by atoms with E-state index >= 15 is 0 Å². The van der Waals surface area contributed by atoms with Gasteiger partial charge in [-0.15, -0.1) is 0 Å². The van der Waals surface area contributed by atoms with Crippen molar-refractivity contribution in [3.63, 3.8) is 0 Å². The Morgan fingerprint density at radius 1 is 1.28 bits per heavy atom. The van der Waals surface area contributed by atoms with Gasteiger partial charge in [-0.05, 0) is 18.2 Å². The second-order valence-corrected chi connectivity index (χ2v) is 3.48. The van der Waals surface area contributed by atoms with Crippen molar-refractivity contribution >= 4 is 23.6 Å². The molecule has 0 N–H and O–H groups in total. The first-order valence-corrected chi connectivity index (χ1v) is 5.21. The highest BCUT2D eigenvalue weighted by Gasteiger charge is 2.18. The molecule has 1 heterocycles. The van der Waals surface area contributed by atoms with Crippen molar-refractivity contribution in [2.24, 2.45) is 7.05 Å². The van der Waals surface area contributed by atoms with Crippen molar-refractivity contribution in [3.8, 4) is 0 Å². The summed E-state index contributed by atoms with van der Waals surface area (Å²) in [5, 5.41) is 0. The molecule has 0 bridgehead atoms. The summed E-state index contributed by atoms with van der Waals surface area (Å²) in [6.45, 7) is 3.66. The third-order valence-electron chi connectivity index (χ3n) is 2.51. The molecule has 0 saturated heterocycles. The first kappa shape index (κ1) is 13.8. The summed E-state index contributed by atoms with van der Waals surface area (Å²) in [7, 11) is 4.26. The van der Waals surface area contributed by atoms with Crippen LogP contribution in [0.4, 0.5) is 0 Å². The van der Waals surface area contributed by atoms with Gasteiger partial charge in [-0.3, -0.25) is 0 Å². The van der Waals surface area contributed by atoms with Gasteiger partial charge in [-0.2, -0.15) is 0 Å².